The number of nitrogens with zero attached hydrogens (tertiary/aromatic N) is 1. The number of aliphatic imine (C=N–C) groups is 1. The molecular weight excluding hydrogens is 126 g/mol. The fraction of sp³-hybridized carbons (Fsp3) is 0. The van der Waals surface area contributed by atoms with E-state index in [9.17, 15) is 0 Å². The zero-order chi connectivity index (χ0) is 6.81. The Morgan fingerprint density at radius 1 is 1.40 bits per heavy atom. The summed E-state index contributed by atoms with van der Waals surface area (Å²) in [4.78, 5) is 3.96. The second-order valence-electron chi connectivity index (χ2n) is 2.06. The summed E-state index contributed by atoms with van der Waals surface area (Å²) in [6, 6.07) is 0. The van der Waals surface area contributed by atoms with Gasteiger partial charge in [0.2, 0.25) is 0 Å². The molecule has 0 saturated carbocycles. The van der Waals surface area contributed by atoms with Crippen molar-refractivity contribution in [3.63, 3.8) is 0 Å². The van der Waals surface area contributed by atoms with Crippen LogP contribution in [-0.4, -0.2) is 6.21 Å². The molecule has 0 atom stereocenters. The summed E-state index contributed by atoms with van der Waals surface area (Å²) < 4.78 is 0. The molecule has 0 aliphatic carbocycles. The van der Waals surface area contributed by atoms with Gasteiger partial charge < -0.3 is 10.9 Å². The number of hydrogen-bond acceptors (Lipinski definition) is 3. The monoisotopic (exact) mass is 133 g/mol. The standard InChI is InChI=1S/C7H7N3/c1-3-8-4-2-7-6(1)5-9-10-7/h1-5,9-10H. The van der Waals surface area contributed by atoms with Crippen molar-refractivity contribution in [1.29, 1.82) is 0 Å². The first-order chi connectivity index (χ1) is 4.97. The van der Waals surface area contributed by atoms with E-state index in [1.807, 2.05) is 18.4 Å². The van der Waals surface area contributed by atoms with E-state index in [0.717, 1.165) is 11.3 Å². The van der Waals surface area contributed by atoms with Crippen LogP contribution in [0.4, 0.5) is 0 Å². The molecule has 0 spiro atoms. The minimum Gasteiger partial charge on any atom is -0.307 e. The molecule has 2 heterocycles. The number of allylic oxidation sites excluding steroid dienone is 2. The van der Waals surface area contributed by atoms with E-state index in [0.29, 0.717) is 0 Å². The molecule has 0 radical (unpaired) electrons. The van der Waals surface area contributed by atoms with Crippen molar-refractivity contribution in [2.75, 3.05) is 0 Å². The lowest BCUT2D eigenvalue weighted by atomic mass is 10.2. The number of nitrogens with one attached hydrogen (secondary N) is 2. The first-order valence-corrected chi connectivity index (χ1v) is 3.09. The van der Waals surface area contributed by atoms with Crippen LogP contribution >= 0.6 is 0 Å². The zero-order valence-corrected chi connectivity index (χ0v) is 5.33. The van der Waals surface area contributed by atoms with Gasteiger partial charge in [0.1, 0.15) is 0 Å². The smallest absolute Gasteiger partial charge is 0.0643 e. The maximum absolute atomic E-state index is 3.96. The van der Waals surface area contributed by atoms with Crippen LogP contribution in [-0.2, 0) is 0 Å². The van der Waals surface area contributed by atoms with Crippen molar-refractivity contribution in [1.82, 2.24) is 10.9 Å². The van der Waals surface area contributed by atoms with Gasteiger partial charge in [-0.2, -0.15) is 0 Å². The highest BCUT2D eigenvalue weighted by Crippen LogP contribution is 2.12. The fourth-order valence-electron chi connectivity index (χ4n) is 0.908. The lowest BCUT2D eigenvalue weighted by Crippen LogP contribution is -2.18. The van der Waals surface area contributed by atoms with Crippen molar-refractivity contribution >= 4 is 6.21 Å². The Labute approximate surface area is 58.8 Å². The van der Waals surface area contributed by atoms with Gasteiger partial charge in [0.25, 0.3) is 0 Å². The maximum atomic E-state index is 3.96. The second kappa shape index (κ2) is 2.02. The summed E-state index contributed by atoms with van der Waals surface area (Å²) in [5.74, 6) is 0. The average molecular weight is 133 g/mol. The quantitative estimate of drug-likeness (QED) is 0.503. The van der Waals surface area contributed by atoms with Gasteiger partial charge in [0.05, 0.1) is 5.70 Å². The highest BCUT2D eigenvalue weighted by molar-refractivity contribution is 5.75. The van der Waals surface area contributed by atoms with E-state index in [1.165, 1.54) is 0 Å². The molecule has 0 unspecified atom stereocenters. The van der Waals surface area contributed by atoms with Crippen LogP contribution in [0, 0.1) is 0 Å². The number of hydrogen-bond donors (Lipinski definition) is 2. The molecule has 0 fully saturated rings. The van der Waals surface area contributed by atoms with Gasteiger partial charge in [-0.3, -0.25) is 4.99 Å². The van der Waals surface area contributed by atoms with Crippen LogP contribution < -0.4 is 10.9 Å². The van der Waals surface area contributed by atoms with Gasteiger partial charge in [-0.1, -0.05) is 0 Å². The van der Waals surface area contributed by atoms with Crippen LogP contribution in [0.15, 0.2) is 40.8 Å². The van der Waals surface area contributed by atoms with E-state index in [1.54, 1.807) is 12.4 Å². The number of rotatable bonds is 0. The summed E-state index contributed by atoms with van der Waals surface area (Å²) in [7, 11) is 0. The molecule has 0 amide bonds. The summed E-state index contributed by atoms with van der Waals surface area (Å²) in [5.41, 5.74) is 8.08. The van der Waals surface area contributed by atoms with Gasteiger partial charge in [0.15, 0.2) is 0 Å². The average Bonchev–Trinajstić information content (AvgIpc) is 2.28. The number of hydrazine groups is 1. The highest BCUT2D eigenvalue weighted by Gasteiger charge is 2.06. The largest absolute Gasteiger partial charge is 0.307 e. The Balaban J connectivity index is 2.42. The minimum absolute atomic E-state index is 1.07. The van der Waals surface area contributed by atoms with Crippen molar-refractivity contribution in [3.8, 4) is 0 Å². The normalized spacial score (nSPS) is 20.0. The van der Waals surface area contributed by atoms with Gasteiger partial charge in [-0.15, -0.1) is 0 Å². The third-order valence-electron chi connectivity index (χ3n) is 1.41. The van der Waals surface area contributed by atoms with Crippen LogP contribution in [0.1, 0.15) is 0 Å². The van der Waals surface area contributed by atoms with Gasteiger partial charge >= 0.3 is 0 Å². The van der Waals surface area contributed by atoms with E-state index in [4.69, 9.17) is 0 Å². The van der Waals surface area contributed by atoms with Crippen molar-refractivity contribution in [2.24, 2.45) is 4.99 Å². The molecule has 2 aliphatic rings. The molecule has 3 nitrogen and oxygen atoms in total. The summed E-state index contributed by atoms with van der Waals surface area (Å²) in [6.45, 7) is 0. The summed E-state index contributed by atoms with van der Waals surface area (Å²) >= 11 is 0. The van der Waals surface area contributed by atoms with Crippen molar-refractivity contribution < 1.29 is 0 Å². The summed E-state index contributed by atoms with van der Waals surface area (Å²) in [5, 5.41) is 0. The summed E-state index contributed by atoms with van der Waals surface area (Å²) in [6.07, 6.45) is 9.29. The van der Waals surface area contributed by atoms with Gasteiger partial charge in [0, 0.05) is 24.2 Å². The molecule has 0 aromatic rings. The first-order valence-electron chi connectivity index (χ1n) is 3.09. The molecule has 2 N–H and O–H groups in total. The van der Waals surface area contributed by atoms with Gasteiger partial charge in [-0.25, -0.2) is 0 Å². The molecule has 0 aromatic carbocycles. The molecule has 3 heteroatoms. The van der Waals surface area contributed by atoms with Crippen LogP contribution in [0.2, 0.25) is 0 Å². The zero-order valence-electron chi connectivity index (χ0n) is 5.33. The third kappa shape index (κ3) is 0.719. The second-order valence-corrected chi connectivity index (χ2v) is 2.06. The van der Waals surface area contributed by atoms with E-state index in [2.05, 4.69) is 15.8 Å². The van der Waals surface area contributed by atoms with E-state index >= 15 is 0 Å². The Hall–Kier alpha value is -1.51. The molecule has 0 bridgehead atoms. The highest BCUT2D eigenvalue weighted by atomic mass is 15.4. The van der Waals surface area contributed by atoms with Crippen LogP contribution in [0.3, 0.4) is 0 Å². The molecule has 0 saturated heterocycles. The predicted octanol–water partition coefficient (Wildman–Crippen LogP) is 0.460. The lowest BCUT2D eigenvalue weighted by molar-refractivity contribution is 0.786. The predicted molar refractivity (Wildman–Crippen MR) is 40.1 cm³/mol. The van der Waals surface area contributed by atoms with Gasteiger partial charge in [-0.05, 0) is 12.2 Å². The van der Waals surface area contributed by atoms with Crippen molar-refractivity contribution in [2.45, 2.75) is 0 Å². The maximum Gasteiger partial charge on any atom is 0.0643 e. The minimum atomic E-state index is 1.07. The van der Waals surface area contributed by atoms with E-state index < -0.39 is 0 Å². The van der Waals surface area contributed by atoms with Crippen molar-refractivity contribution in [3.05, 3.63) is 35.8 Å². The molecule has 0 aromatic heterocycles. The lowest BCUT2D eigenvalue weighted by Gasteiger charge is -1.96. The Morgan fingerprint density at radius 2 is 2.40 bits per heavy atom. The number of fused-ring (bicyclic) bond motifs is 1. The molecule has 10 heavy (non-hydrogen) atoms. The fourth-order valence-corrected chi connectivity index (χ4v) is 0.908. The molecule has 2 aliphatic heterocycles. The van der Waals surface area contributed by atoms with Crippen LogP contribution in [0.25, 0.3) is 0 Å². The Bertz CT molecular complexity index is 258. The molecular formula is C7H7N3. The topological polar surface area (TPSA) is 36.4 Å². The molecule has 2 rings (SSSR count). The SMILES string of the molecule is C1=CC2=CNNC2=CC=N1. The van der Waals surface area contributed by atoms with Crippen LogP contribution in [0.5, 0.6) is 0 Å². The first kappa shape index (κ1) is 5.29. The third-order valence-corrected chi connectivity index (χ3v) is 1.41. The molecule has 50 valence electrons. The Morgan fingerprint density at radius 3 is 3.40 bits per heavy atom. The Kier molecular flexibility index (Phi) is 1.07. The van der Waals surface area contributed by atoms with E-state index in [-0.39, 0.29) is 0 Å².